The van der Waals surface area contributed by atoms with Gasteiger partial charge in [0.05, 0.1) is 24.6 Å². The predicted octanol–water partition coefficient (Wildman–Crippen LogP) is 2.36. The van der Waals surface area contributed by atoms with Gasteiger partial charge in [0.1, 0.15) is 17.7 Å². The highest BCUT2D eigenvalue weighted by molar-refractivity contribution is 5.88. The fourth-order valence-corrected chi connectivity index (χ4v) is 5.67. The van der Waals surface area contributed by atoms with Crippen LogP contribution >= 0.6 is 0 Å². The smallest absolute Gasteiger partial charge is 0.290 e. The molecule has 12 nitrogen and oxygen atoms in total. The molecule has 1 saturated heterocycles. The molecule has 0 saturated carbocycles. The fourth-order valence-electron chi connectivity index (χ4n) is 5.67. The lowest BCUT2D eigenvalue weighted by Gasteiger charge is -2.36. The van der Waals surface area contributed by atoms with Gasteiger partial charge < -0.3 is 25.0 Å². The summed E-state index contributed by atoms with van der Waals surface area (Å²) in [5.74, 6) is 1.06. The number of piperidine rings is 1. The van der Waals surface area contributed by atoms with E-state index in [1.165, 1.54) is 0 Å². The predicted molar refractivity (Wildman–Crippen MR) is 155 cm³/mol. The first-order valence-electron chi connectivity index (χ1n) is 14.5. The molecule has 0 unspecified atom stereocenters. The van der Waals surface area contributed by atoms with Crippen LogP contribution < -0.4 is 5.32 Å². The highest BCUT2D eigenvalue weighted by atomic mass is 16.5. The third-order valence-corrected chi connectivity index (χ3v) is 7.61. The Bertz CT molecular complexity index is 1200. The van der Waals surface area contributed by atoms with Crippen LogP contribution in [0, 0.1) is 12.3 Å². The van der Waals surface area contributed by atoms with Gasteiger partial charge in [-0.3, -0.25) is 19.2 Å². The average molecular weight is 585 g/mol. The van der Waals surface area contributed by atoms with Crippen LogP contribution in [-0.2, 0) is 36.9 Å². The number of hydrogen-bond donors (Lipinski definition) is 2. The van der Waals surface area contributed by atoms with Crippen molar-refractivity contribution < 1.29 is 29.0 Å². The van der Waals surface area contributed by atoms with E-state index in [0.29, 0.717) is 70.1 Å². The summed E-state index contributed by atoms with van der Waals surface area (Å²) in [5, 5.41) is 14.8. The van der Waals surface area contributed by atoms with Gasteiger partial charge in [0.25, 0.3) is 6.47 Å². The molecule has 1 fully saturated rings. The van der Waals surface area contributed by atoms with E-state index in [2.05, 4.69) is 10.4 Å². The molecule has 12 heteroatoms. The van der Waals surface area contributed by atoms with Crippen molar-refractivity contribution in [1.29, 1.82) is 0 Å². The number of benzene rings is 1. The lowest BCUT2D eigenvalue weighted by molar-refractivity contribution is -0.145. The van der Waals surface area contributed by atoms with Crippen LogP contribution in [0.3, 0.4) is 0 Å². The second kappa shape index (κ2) is 15.4. The second-order valence-electron chi connectivity index (χ2n) is 11.4. The fraction of sp³-hybridized carbons (Fsp3) is 0.600. The zero-order chi connectivity index (χ0) is 30.7. The van der Waals surface area contributed by atoms with Crippen molar-refractivity contribution in [2.45, 2.75) is 77.9 Å². The molecule has 2 aliphatic rings. The molecule has 230 valence electrons. The second-order valence-corrected chi connectivity index (χ2v) is 11.4. The molecular formula is C30H44N6O6. The first-order chi connectivity index (χ1) is 20.1. The van der Waals surface area contributed by atoms with E-state index in [0.717, 1.165) is 18.4 Å². The summed E-state index contributed by atoms with van der Waals surface area (Å²) in [4.78, 5) is 57.2. The van der Waals surface area contributed by atoms with Gasteiger partial charge in [0, 0.05) is 33.2 Å². The monoisotopic (exact) mass is 584 g/mol. The summed E-state index contributed by atoms with van der Waals surface area (Å²) < 4.78 is 7.15. The molecule has 0 aliphatic carbocycles. The van der Waals surface area contributed by atoms with Gasteiger partial charge in [-0.1, -0.05) is 30.3 Å². The van der Waals surface area contributed by atoms with Crippen LogP contribution in [0.1, 0.15) is 69.2 Å². The summed E-state index contributed by atoms with van der Waals surface area (Å²) in [7, 11) is 1.59. The Kier molecular flexibility index (Phi) is 12.0. The van der Waals surface area contributed by atoms with Gasteiger partial charge in [0.15, 0.2) is 0 Å². The SMILES string of the molecule is COCC(C)(C)C(=O)N1CCCC(=O)N2CCCC[C@H]2C(=O)N[C@H](Cc2ccccc2)c2nc(C)nn2CC1.O=CO. The van der Waals surface area contributed by atoms with E-state index in [1.807, 2.05) is 60.7 Å². The van der Waals surface area contributed by atoms with Crippen molar-refractivity contribution in [3.8, 4) is 0 Å². The lowest BCUT2D eigenvalue weighted by atomic mass is 9.92. The Labute approximate surface area is 247 Å². The summed E-state index contributed by atoms with van der Waals surface area (Å²) in [6, 6.07) is 9.02. The number of methoxy groups -OCH3 is 1. The Balaban J connectivity index is 0.00000155. The van der Waals surface area contributed by atoms with E-state index < -0.39 is 17.5 Å². The van der Waals surface area contributed by atoms with Crippen molar-refractivity contribution in [1.82, 2.24) is 29.9 Å². The molecule has 1 aromatic heterocycles. The highest BCUT2D eigenvalue weighted by Gasteiger charge is 2.36. The molecule has 2 aliphatic heterocycles. The molecular weight excluding hydrogens is 540 g/mol. The number of ether oxygens (including phenoxy) is 1. The number of carbonyl (C=O) groups is 4. The molecule has 2 aromatic rings. The van der Waals surface area contributed by atoms with E-state index in [1.54, 1.807) is 12.0 Å². The third kappa shape index (κ3) is 8.60. The molecule has 42 heavy (non-hydrogen) atoms. The van der Waals surface area contributed by atoms with Crippen LogP contribution in [0.25, 0.3) is 0 Å². The number of rotatable bonds is 5. The number of fused-ring (bicyclic) bond motifs is 2. The van der Waals surface area contributed by atoms with Gasteiger partial charge in [-0.05, 0) is 58.4 Å². The number of aromatic nitrogens is 3. The summed E-state index contributed by atoms with van der Waals surface area (Å²) in [6.45, 7) is 7.49. The van der Waals surface area contributed by atoms with Crippen LogP contribution in [-0.4, -0.2) is 93.3 Å². The van der Waals surface area contributed by atoms with Crippen molar-refractivity contribution in [3.05, 3.63) is 47.5 Å². The maximum absolute atomic E-state index is 13.7. The van der Waals surface area contributed by atoms with Crippen molar-refractivity contribution in [2.24, 2.45) is 5.41 Å². The Morgan fingerprint density at radius 3 is 2.52 bits per heavy atom. The number of carbonyl (C=O) groups excluding carboxylic acids is 3. The van der Waals surface area contributed by atoms with Crippen molar-refractivity contribution >= 4 is 24.2 Å². The number of carboxylic acid groups (broad SMARTS) is 1. The topological polar surface area (TPSA) is 147 Å². The standard InChI is InChI=1S/C29H42N6O4.CH2O2/c1-21-30-26-23(19-22-11-6-5-7-12-22)31-27(37)24-13-8-9-16-34(24)25(36)14-10-15-33(17-18-35(26)32-21)28(38)29(2,3)20-39-4;2-1-3/h5-7,11-12,23-24H,8-10,13-20H2,1-4H3,(H,31,37);1H,(H,2,3)/t23-,24+;/m1./s1. The maximum atomic E-state index is 13.7. The Morgan fingerprint density at radius 2 is 1.83 bits per heavy atom. The maximum Gasteiger partial charge on any atom is 0.290 e. The van der Waals surface area contributed by atoms with Gasteiger partial charge in [-0.25, -0.2) is 9.67 Å². The number of hydrogen-bond acceptors (Lipinski definition) is 7. The number of aryl methyl sites for hydroxylation is 1. The molecule has 0 spiro atoms. The van der Waals surface area contributed by atoms with Gasteiger partial charge in [-0.2, -0.15) is 5.10 Å². The van der Waals surface area contributed by atoms with Crippen LogP contribution in [0.15, 0.2) is 30.3 Å². The molecule has 2 N–H and O–H groups in total. The third-order valence-electron chi connectivity index (χ3n) is 7.61. The molecule has 3 heterocycles. The van der Waals surface area contributed by atoms with Crippen molar-refractivity contribution in [2.75, 3.05) is 33.4 Å². The lowest BCUT2D eigenvalue weighted by Crippen LogP contribution is -2.53. The molecule has 0 radical (unpaired) electrons. The summed E-state index contributed by atoms with van der Waals surface area (Å²) >= 11 is 0. The minimum absolute atomic E-state index is 0.0210. The van der Waals surface area contributed by atoms with Gasteiger partial charge in [0.2, 0.25) is 17.7 Å². The molecule has 1 aromatic carbocycles. The molecule has 3 amide bonds. The quantitative estimate of drug-likeness (QED) is 0.509. The van der Waals surface area contributed by atoms with E-state index in [4.69, 9.17) is 19.6 Å². The van der Waals surface area contributed by atoms with Gasteiger partial charge >= 0.3 is 0 Å². The van der Waals surface area contributed by atoms with E-state index in [9.17, 15) is 14.4 Å². The first kappa shape index (κ1) is 32.7. The Hall–Kier alpha value is -3.80. The molecule has 4 rings (SSSR count). The first-order valence-corrected chi connectivity index (χ1v) is 14.5. The van der Waals surface area contributed by atoms with E-state index in [-0.39, 0.29) is 24.2 Å². The minimum Gasteiger partial charge on any atom is -0.483 e. The number of amides is 3. The highest BCUT2D eigenvalue weighted by Crippen LogP contribution is 2.24. The number of nitrogens with zero attached hydrogens (tertiary/aromatic N) is 5. The average Bonchev–Trinajstić information content (AvgIpc) is 3.34. The largest absolute Gasteiger partial charge is 0.483 e. The zero-order valence-electron chi connectivity index (χ0n) is 25.1. The summed E-state index contributed by atoms with van der Waals surface area (Å²) in [5.41, 5.74) is 0.360. The normalized spacial score (nSPS) is 20.3. The molecule has 2 atom stereocenters. The zero-order valence-corrected chi connectivity index (χ0v) is 25.1. The van der Waals surface area contributed by atoms with Gasteiger partial charge in [-0.15, -0.1) is 0 Å². The van der Waals surface area contributed by atoms with Crippen molar-refractivity contribution in [3.63, 3.8) is 0 Å². The van der Waals surface area contributed by atoms with Crippen LogP contribution in [0.2, 0.25) is 0 Å². The molecule has 0 bridgehead atoms. The summed E-state index contributed by atoms with van der Waals surface area (Å²) in [6.07, 6.45) is 3.77. The van der Waals surface area contributed by atoms with Crippen LogP contribution in [0.5, 0.6) is 0 Å². The van der Waals surface area contributed by atoms with E-state index >= 15 is 0 Å². The minimum atomic E-state index is -0.701. The Morgan fingerprint density at radius 1 is 1.12 bits per heavy atom. The van der Waals surface area contributed by atoms with Crippen LogP contribution in [0.4, 0.5) is 0 Å². The number of nitrogens with one attached hydrogen (secondary N) is 1.